The van der Waals surface area contributed by atoms with Gasteiger partial charge in [0, 0.05) is 20.0 Å². The Labute approximate surface area is 84.1 Å². The maximum atomic E-state index is 10.9. The van der Waals surface area contributed by atoms with Crippen molar-refractivity contribution >= 4 is 11.9 Å². The van der Waals surface area contributed by atoms with Crippen LogP contribution in [-0.4, -0.2) is 48.6 Å². The lowest BCUT2D eigenvalue weighted by Crippen LogP contribution is -2.39. The fourth-order valence-corrected chi connectivity index (χ4v) is 1.23. The molecule has 0 aliphatic heterocycles. The Hall–Kier alpha value is -1.10. The van der Waals surface area contributed by atoms with Crippen LogP contribution >= 0.6 is 0 Å². The van der Waals surface area contributed by atoms with Crippen LogP contribution in [0.25, 0.3) is 0 Å². The Kier molecular flexibility index (Phi) is 5.87. The quantitative estimate of drug-likeness (QED) is 0.632. The second-order valence-electron chi connectivity index (χ2n) is 3.17. The van der Waals surface area contributed by atoms with Crippen LogP contribution in [0, 0.1) is 0 Å². The van der Waals surface area contributed by atoms with Crippen molar-refractivity contribution in [3.63, 3.8) is 0 Å². The molecule has 5 heteroatoms. The highest BCUT2D eigenvalue weighted by Crippen LogP contribution is 2.02. The molecule has 0 aromatic carbocycles. The predicted molar refractivity (Wildman–Crippen MR) is 53.0 cm³/mol. The minimum Gasteiger partial charge on any atom is -0.480 e. The van der Waals surface area contributed by atoms with Gasteiger partial charge in [-0.15, -0.1) is 0 Å². The number of amides is 1. The number of carbonyl (C=O) groups is 2. The zero-order chi connectivity index (χ0) is 11.1. The maximum absolute atomic E-state index is 10.9. The van der Waals surface area contributed by atoms with Crippen molar-refractivity contribution in [1.29, 1.82) is 0 Å². The molecular weight excluding hydrogens is 184 g/mol. The van der Waals surface area contributed by atoms with Crippen LogP contribution in [0.4, 0.5) is 0 Å². The van der Waals surface area contributed by atoms with Gasteiger partial charge in [0.2, 0.25) is 5.91 Å². The Morgan fingerprint density at radius 1 is 1.50 bits per heavy atom. The van der Waals surface area contributed by atoms with Gasteiger partial charge >= 0.3 is 5.97 Å². The van der Waals surface area contributed by atoms with Gasteiger partial charge in [0.05, 0.1) is 0 Å². The molecule has 0 radical (unpaired) electrons. The van der Waals surface area contributed by atoms with Crippen molar-refractivity contribution in [3.05, 3.63) is 0 Å². The number of carbonyl (C=O) groups excluding carboxylic acids is 1. The predicted octanol–water partition coefficient (Wildman–Crippen LogP) is -0.0825. The summed E-state index contributed by atoms with van der Waals surface area (Å²) in [4.78, 5) is 23.3. The summed E-state index contributed by atoms with van der Waals surface area (Å²) in [6.45, 7) is 2.28. The fraction of sp³-hybridized carbons (Fsp3) is 0.778. The first-order valence-corrected chi connectivity index (χ1v) is 4.66. The van der Waals surface area contributed by atoms with E-state index in [1.165, 1.54) is 0 Å². The van der Waals surface area contributed by atoms with Crippen LogP contribution in [0.2, 0.25) is 0 Å². The molecule has 0 saturated heterocycles. The molecule has 1 atom stereocenters. The minimum atomic E-state index is -0.841. The van der Waals surface area contributed by atoms with Gasteiger partial charge < -0.3 is 10.4 Å². The smallest absolute Gasteiger partial charge is 0.320 e. The minimum absolute atomic E-state index is 0.0721. The zero-order valence-electron chi connectivity index (χ0n) is 8.91. The average molecular weight is 202 g/mol. The highest BCUT2D eigenvalue weighted by atomic mass is 16.4. The van der Waals surface area contributed by atoms with Crippen molar-refractivity contribution in [1.82, 2.24) is 10.2 Å². The van der Waals surface area contributed by atoms with Crippen molar-refractivity contribution in [2.45, 2.75) is 25.8 Å². The number of carboxylic acids is 1. The van der Waals surface area contributed by atoms with E-state index in [-0.39, 0.29) is 5.91 Å². The molecule has 0 aliphatic rings. The summed E-state index contributed by atoms with van der Waals surface area (Å²) in [5, 5.41) is 11.3. The van der Waals surface area contributed by atoms with E-state index in [2.05, 4.69) is 5.32 Å². The van der Waals surface area contributed by atoms with Crippen LogP contribution in [-0.2, 0) is 9.59 Å². The third-order valence-electron chi connectivity index (χ3n) is 2.17. The molecule has 0 saturated carbocycles. The SMILES string of the molecule is CCC(C(=O)O)N(C)CCC(=O)NC. The van der Waals surface area contributed by atoms with Crippen LogP contribution in [0.15, 0.2) is 0 Å². The number of hydrogen-bond donors (Lipinski definition) is 2. The molecule has 82 valence electrons. The van der Waals surface area contributed by atoms with E-state index in [0.717, 1.165) is 0 Å². The van der Waals surface area contributed by atoms with E-state index in [9.17, 15) is 9.59 Å². The number of nitrogens with one attached hydrogen (secondary N) is 1. The molecule has 0 aromatic rings. The summed E-state index contributed by atoms with van der Waals surface area (Å²) in [7, 11) is 3.28. The number of hydrogen-bond acceptors (Lipinski definition) is 3. The average Bonchev–Trinajstić information content (AvgIpc) is 2.14. The number of rotatable bonds is 6. The highest BCUT2D eigenvalue weighted by molar-refractivity contribution is 5.76. The zero-order valence-corrected chi connectivity index (χ0v) is 8.91. The summed E-state index contributed by atoms with van der Waals surface area (Å²) in [6, 6.07) is -0.500. The third-order valence-corrected chi connectivity index (χ3v) is 2.17. The van der Waals surface area contributed by atoms with Gasteiger partial charge in [0.15, 0.2) is 0 Å². The third kappa shape index (κ3) is 4.23. The van der Waals surface area contributed by atoms with Crippen molar-refractivity contribution in [3.8, 4) is 0 Å². The van der Waals surface area contributed by atoms with E-state index >= 15 is 0 Å². The molecule has 0 bridgehead atoms. The van der Waals surface area contributed by atoms with Crippen molar-refractivity contribution < 1.29 is 14.7 Å². The molecule has 14 heavy (non-hydrogen) atoms. The number of aliphatic carboxylic acids is 1. The van der Waals surface area contributed by atoms with Crippen LogP contribution in [0.1, 0.15) is 19.8 Å². The molecule has 0 rings (SSSR count). The Balaban J connectivity index is 3.98. The normalized spacial score (nSPS) is 12.6. The van der Waals surface area contributed by atoms with Gasteiger partial charge in [-0.3, -0.25) is 14.5 Å². The number of nitrogens with zero attached hydrogens (tertiary/aromatic N) is 1. The topological polar surface area (TPSA) is 69.6 Å². The molecule has 0 fully saturated rings. The van der Waals surface area contributed by atoms with Crippen LogP contribution in [0.3, 0.4) is 0 Å². The van der Waals surface area contributed by atoms with E-state index in [0.29, 0.717) is 19.4 Å². The molecule has 5 nitrogen and oxygen atoms in total. The number of likely N-dealkylation sites (N-methyl/N-ethyl adjacent to an activating group) is 1. The van der Waals surface area contributed by atoms with Crippen LogP contribution in [0.5, 0.6) is 0 Å². The largest absolute Gasteiger partial charge is 0.480 e. The van der Waals surface area contributed by atoms with Gasteiger partial charge in [0.1, 0.15) is 6.04 Å². The molecule has 2 N–H and O–H groups in total. The van der Waals surface area contributed by atoms with E-state index in [4.69, 9.17) is 5.11 Å². The second-order valence-corrected chi connectivity index (χ2v) is 3.17. The van der Waals surface area contributed by atoms with E-state index in [1.54, 1.807) is 19.0 Å². The molecule has 0 aromatic heterocycles. The van der Waals surface area contributed by atoms with Gasteiger partial charge in [-0.05, 0) is 13.5 Å². The maximum Gasteiger partial charge on any atom is 0.320 e. The summed E-state index contributed by atoms with van der Waals surface area (Å²) in [5.74, 6) is -0.913. The first kappa shape index (κ1) is 12.9. The van der Waals surface area contributed by atoms with Gasteiger partial charge in [-0.2, -0.15) is 0 Å². The Morgan fingerprint density at radius 3 is 2.43 bits per heavy atom. The first-order valence-electron chi connectivity index (χ1n) is 4.66. The first-order chi connectivity index (χ1) is 6.52. The molecule has 0 aliphatic carbocycles. The van der Waals surface area contributed by atoms with Crippen LogP contribution < -0.4 is 5.32 Å². The molecule has 1 amide bonds. The lowest BCUT2D eigenvalue weighted by molar-refractivity contribution is -0.143. The molecule has 0 heterocycles. The lowest BCUT2D eigenvalue weighted by atomic mass is 10.2. The van der Waals surface area contributed by atoms with Gasteiger partial charge in [0.25, 0.3) is 0 Å². The monoisotopic (exact) mass is 202 g/mol. The standard InChI is InChI=1S/C9H18N2O3/c1-4-7(9(13)14)11(3)6-5-8(12)10-2/h7H,4-6H2,1-3H3,(H,10,12)(H,13,14). The van der Waals surface area contributed by atoms with Crippen molar-refractivity contribution in [2.75, 3.05) is 20.6 Å². The molecular formula is C9H18N2O3. The van der Waals surface area contributed by atoms with Gasteiger partial charge in [-0.1, -0.05) is 6.92 Å². The molecule has 0 spiro atoms. The summed E-state index contributed by atoms with van der Waals surface area (Å²) in [6.07, 6.45) is 0.871. The van der Waals surface area contributed by atoms with Crippen molar-refractivity contribution in [2.24, 2.45) is 0 Å². The highest BCUT2D eigenvalue weighted by Gasteiger charge is 2.20. The summed E-state index contributed by atoms with van der Waals surface area (Å²) < 4.78 is 0. The summed E-state index contributed by atoms with van der Waals surface area (Å²) >= 11 is 0. The van der Waals surface area contributed by atoms with E-state index in [1.807, 2.05) is 6.92 Å². The Bertz CT molecular complexity index is 206. The Morgan fingerprint density at radius 2 is 2.07 bits per heavy atom. The lowest BCUT2D eigenvalue weighted by Gasteiger charge is -2.22. The number of carboxylic acid groups (broad SMARTS) is 1. The second kappa shape index (κ2) is 6.37. The molecule has 1 unspecified atom stereocenters. The summed E-state index contributed by atoms with van der Waals surface area (Å²) in [5.41, 5.74) is 0. The fourth-order valence-electron chi connectivity index (χ4n) is 1.23. The van der Waals surface area contributed by atoms with Gasteiger partial charge in [-0.25, -0.2) is 0 Å². The van der Waals surface area contributed by atoms with E-state index < -0.39 is 12.0 Å².